The Morgan fingerprint density at radius 2 is 1.90 bits per heavy atom. The van der Waals surface area contributed by atoms with Crippen LogP contribution in [0.15, 0.2) is 77.9 Å². The van der Waals surface area contributed by atoms with Gasteiger partial charge in [0.15, 0.2) is 0 Å². The van der Waals surface area contributed by atoms with Crippen molar-refractivity contribution >= 4 is 5.57 Å². The minimum Gasteiger partial charge on any atom is -0.0882 e. The van der Waals surface area contributed by atoms with Gasteiger partial charge in [0.2, 0.25) is 0 Å². The predicted molar refractivity (Wildman–Crippen MR) is 85.5 cm³/mol. The maximum atomic E-state index is 2.37. The van der Waals surface area contributed by atoms with Gasteiger partial charge in [-0.05, 0) is 47.1 Å². The largest absolute Gasteiger partial charge is 0.0882 e. The fraction of sp³-hybridized carbons (Fsp3) is 0.200. The van der Waals surface area contributed by atoms with Crippen molar-refractivity contribution in [2.75, 3.05) is 0 Å². The van der Waals surface area contributed by atoms with E-state index in [2.05, 4.69) is 66.8 Å². The van der Waals surface area contributed by atoms with Gasteiger partial charge in [0.05, 0.1) is 0 Å². The molecule has 0 aliphatic heterocycles. The Kier molecular flexibility index (Phi) is 2.81. The van der Waals surface area contributed by atoms with E-state index in [1.165, 1.54) is 22.3 Å². The van der Waals surface area contributed by atoms with E-state index in [4.69, 9.17) is 0 Å². The van der Waals surface area contributed by atoms with Crippen molar-refractivity contribution in [3.8, 4) is 0 Å². The molecule has 0 radical (unpaired) electrons. The third kappa shape index (κ3) is 1.76. The molecule has 1 unspecified atom stereocenters. The van der Waals surface area contributed by atoms with Crippen molar-refractivity contribution in [2.45, 2.75) is 25.2 Å². The van der Waals surface area contributed by atoms with Gasteiger partial charge in [-0.2, -0.15) is 0 Å². The van der Waals surface area contributed by atoms with Crippen molar-refractivity contribution in [2.24, 2.45) is 0 Å². The molecule has 0 spiro atoms. The van der Waals surface area contributed by atoms with Gasteiger partial charge in [0, 0.05) is 5.92 Å². The molecule has 0 saturated heterocycles. The summed E-state index contributed by atoms with van der Waals surface area (Å²) in [5.41, 5.74) is 7.46. The first-order chi connectivity index (χ1) is 9.95. The van der Waals surface area contributed by atoms with Crippen LogP contribution in [0.3, 0.4) is 0 Å². The monoisotopic (exact) mass is 258 g/mol. The van der Waals surface area contributed by atoms with Crippen molar-refractivity contribution in [1.82, 2.24) is 0 Å². The molecule has 1 aromatic carbocycles. The maximum Gasteiger partial charge on any atom is 0.0139 e. The Morgan fingerprint density at radius 1 is 0.950 bits per heavy atom. The standard InChI is InChI=1S/C20H18/c1-3-9-15-10-4-2-6-14-19-17-12-8-7-11-16(17)18(13-5-1)20(15)19/h1-3,5-9,11-13,19H,4,10,14H2/b3-1?,5-1?,6-2-,9-3?,13-5?,15-9-,18-13?,20-15?. The maximum absolute atomic E-state index is 2.37. The van der Waals surface area contributed by atoms with Gasteiger partial charge in [-0.25, -0.2) is 0 Å². The minimum atomic E-state index is 0.542. The first kappa shape index (κ1) is 11.7. The van der Waals surface area contributed by atoms with Gasteiger partial charge >= 0.3 is 0 Å². The number of rotatable bonds is 0. The normalized spacial score (nSPS) is 27.6. The summed E-state index contributed by atoms with van der Waals surface area (Å²) in [6.45, 7) is 0. The van der Waals surface area contributed by atoms with Crippen LogP contribution in [0, 0.1) is 0 Å². The van der Waals surface area contributed by atoms with E-state index in [0.29, 0.717) is 5.92 Å². The molecular weight excluding hydrogens is 240 g/mol. The second-order valence-corrected chi connectivity index (χ2v) is 5.65. The van der Waals surface area contributed by atoms with Gasteiger partial charge < -0.3 is 0 Å². The number of hydrogen-bond acceptors (Lipinski definition) is 0. The molecule has 0 saturated carbocycles. The molecule has 0 nitrogen and oxygen atoms in total. The summed E-state index contributed by atoms with van der Waals surface area (Å²) in [6.07, 6.45) is 19.3. The first-order valence-electron chi connectivity index (χ1n) is 7.48. The molecule has 20 heavy (non-hydrogen) atoms. The van der Waals surface area contributed by atoms with E-state index in [1.807, 2.05) is 0 Å². The zero-order valence-electron chi connectivity index (χ0n) is 11.5. The van der Waals surface area contributed by atoms with Crippen LogP contribution in [0.2, 0.25) is 0 Å². The number of fused-ring (bicyclic) bond motifs is 3. The van der Waals surface area contributed by atoms with Crippen LogP contribution in [0.1, 0.15) is 36.3 Å². The third-order valence-electron chi connectivity index (χ3n) is 4.51. The second kappa shape index (κ2) is 4.79. The summed E-state index contributed by atoms with van der Waals surface area (Å²) in [6, 6.07) is 8.92. The lowest BCUT2D eigenvalue weighted by atomic mass is 9.84. The zero-order chi connectivity index (χ0) is 13.4. The van der Waals surface area contributed by atoms with Crippen LogP contribution < -0.4 is 0 Å². The Bertz CT molecular complexity index is 693. The lowest BCUT2D eigenvalue weighted by molar-refractivity contribution is 0.793. The molecule has 1 atom stereocenters. The van der Waals surface area contributed by atoms with Gasteiger partial charge in [-0.3, -0.25) is 0 Å². The lowest BCUT2D eigenvalue weighted by Gasteiger charge is -2.20. The van der Waals surface area contributed by atoms with Crippen LogP contribution in [-0.4, -0.2) is 0 Å². The second-order valence-electron chi connectivity index (χ2n) is 5.65. The molecule has 4 rings (SSSR count). The Morgan fingerprint density at radius 3 is 2.90 bits per heavy atom. The van der Waals surface area contributed by atoms with E-state index in [9.17, 15) is 0 Å². The molecule has 3 aliphatic carbocycles. The molecular formula is C20H18. The average molecular weight is 258 g/mol. The van der Waals surface area contributed by atoms with Crippen molar-refractivity contribution < 1.29 is 0 Å². The molecule has 0 aromatic heterocycles. The van der Waals surface area contributed by atoms with Crippen LogP contribution in [0.5, 0.6) is 0 Å². The van der Waals surface area contributed by atoms with Crippen molar-refractivity contribution in [3.63, 3.8) is 0 Å². The number of hydrogen-bond donors (Lipinski definition) is 0. The Balaban J connectivity index is 1.98. The van der Waals surface area contributed by atoms with Gasteiger partial charge in [0.1, 0.15) is 0 Å². The number of benzene rings is 1. The minimum absolute atomic E-state index is 0.542. The fourth-order valence-electron chi connectivity index (χ4n) is 3.64. The summed E-state index contributed by atoms with van der Waals surface area (Å²) in [5.74, 6) is 0.542. The Hall–Kier alpha value is -2.08. The van der Waals surface area contributed by atoms with E-state index in [0.717, 1.165) is 19.3 Å². The predicted octanol–water partition coefficient (Wildman–Crippen LogP) is 5.33. The van der Waals surface area contributed by atoms with E-state index < -0.39 is 0 Å². The van der Waals surface area contributed by atoms with Crippen LogP contribution in [0.4, 0.5) is 0 Å². The smallest absolute Gasteiger partial charge is 0.0139 e. The fourth-order valence-corrected chi connectivity index (χ4v) is 3.64. The van der Waals surface area contributed by atoms with E-state index in [-0.39, 0.29) is 0 Å². The molecule has 3 aliphatic rings. The molecule has 98 valence electrons. The zero-order valence-corrected chi connectivity index (χ0v) is 11.5. The molecule has 0 N–H and O–H groups in total. The van der Waals surface area contributed by atoms with Crippen LogP contribution >= 0.6 is 0 Å². The van der Waals surface area contributed by atoms with Crippen molar-refractivity contribution in [1.29, 1.82) is 0 Å². The molecule has 0 amide bonds. The van der Waals surface area contributed by atoms with Gasteiger partial charge in [-0.1, -0.05) is 66.8 Å². The molecule has 0 bridgehead atoms. The summed E-state index contributed by atoms with van der Waals surface area (Å²) >= 11 is 0. The van der Waals surface area contributed by atoms with E-state index >= 15 is 0 Å². The SMILES string of the molecule is C1=C/C=C2/CC/C=C\CC3C2=C(C=C1)c1ccccc13. The topological polar surface area (TPSA) is 0 Å². The van der Waals surface area contributed by atoms with Crippen molar-refractivity contribution in [3.05, 3.63) is 89.1 Å². The van der Waals surface area contributed by atoms with Crippen LogP contribution in [0.25, 0.3) is 5.57 Å². The summed E-state index contributed by atoms with van der Waals surface area (Å²) in [5, 5.41) is 0. The quantitative estimate of drug-likeness (QED) is 0.552. The highest BCUT2D eigenvalue weighted by Gasteiger charge is 2.31. The molecule has 1 aromatic rings. The molecule has 0 heteroatoms. The summed E-state index contributed by atoms with van der Waals surface area (Å²) < 4.78 is 0. The number of allylic oxidation sites excluding steroid dienone is 10. The van der Waals surface area contributed by atoms with Gasteiger partial charge in [-0.15, -0.1) is 0 Å². The van der Waals surface area contributed by atoms with E-state index in [1.54, 1.807) is 5.57 Å². The molecule has 0 fully saturated rings. The average Bonchev–Trinajstić information content (AvgIpc) is 2.72. The third-order valence-corrected chi connectivity index (χ3v) is 4.51. The Labute approximate surface area is 120 Å². The summed E-state index contributed by atoms with van der Waals surface area (Å²) in [4.78, 5) is 0. The first-order valence-corrected chi connectivity index (χ1v) is 7.48. The van der Waals surface area contributed by atoms with Crippen LogP contribution in [-0.2, 0) is 0 Å². The highest BCUT2D eigenvalue weighted by molar-refractivity contribution is 5.88. The highest BCUT2D eigenvalue weighted by Crippen LogP contribution is 2.49. The highest BCUT2D eigenvalue weighted by atomic mass is 14.3. The molecule has 0 heterocycles. The van der Waals surface area contributed by atoms with Gasteiger partial charge in [0.25, 0.3) is 0 Å². The summed E-state index contributed by atoms with van der Waals surface area (Å²) in [7, 11) is 0. The lowest BCUT2D eigenvalue weighted by Crippen LogP contribution is -2.03.